The molecule has 0 N–H and O–H groups in total. The van der Waals surface area contributed by atoms with Crippen molar-refractivity contribution in [2.75, 3.05) is 31.2 Å². The molecule has 0 aliphatic carbocycles. The Balaban J connectivity index is 1.34. The Morgan fingerprint density at radius 2 is 1.58 bits per heavy atom. The fourth-order valence-electron chi connectivity index (χ4n) is 5.27. The molecule has 186 valence electrons. The van der Waals surface area contributed by atoms with Crippen LogP contribution in [0, 0.1) is 5.92 Å². The number of ketones is 1. The third-order valence-electron chi connectivity index (χ3n) is 7.49. The average molecular weight is 486 g/mol. The number of benzene rings is 2. The molecule has 5 rings (SSSR count). The van der Waals surface area contributed by atoms with Gasteiger partial charge in [0.1, 0.15) is 17.7 Å². The minimum absolute atomic E-state index is 0.122. The number of anilines is 1. The van der Waals surface area contributed by atoms with Gasteiger partial charge in [0.25, 0.3) is 0 Å². The number of nitrogens with zero attached hydrogens (tertiary/aromatic N) is 3. The molecule has 2 aliphatic heterocycles. The lowest BCUT2D eigenvalue weighted by molar-refractivity contribution is -0.111. The summed E-state index contributed by atoms with van der Waals surface area (Å²) >= 11 is 0. The standard InChI is InChI=1S/C29H31N3O4/c1-21(34)27-10-11-28(31-30-27)36-26-8-4-24(5-9-26)29(14-18-35-19-15-29)23-2-6-25(7-3-23)32-16-12-22(20-33)13-17-32/h2-11,20,22H,12-19H2,1H3. The van der Waals surface area contributed by atoms with Gasteiger partial charge >= 0.3 is 0 Å². The van der Waals surface area contributed by atoms with Crippen LogP contribution in [-0.2, 0) is 14.9 Å². The van der Waals surface area contributed by atoms with Crippen molar-refractivity contribution in [3.05, 3.63) is 77.5 Å². The third-order valence-corrected chi connectivity index (χ3v) is 7.49. The van der Waals surface area contributed by atoms with E-state index < -0.39 is 0 Å². The summed E-state index contributed by atoms with van der Waals surface area (Å²) in [6, 6.07) is 20.4. The van der Waals surface area contributed by atoms with Crippen LogP contribution in [0.25, 0.3) is 0 Å². The first-order valence-corrected chi connectivity index (χ1v) is 12.6. The second-order valence-electron chi connectivity index (χ2n) is 9.64. The van der Waals surface area contributed by atoms with Gasteiger partial charge in [0.2, 0.25) is 5.88 Å². The maximum atomic E-state index is 11.4. The molecule has 1 aromatic heterocycles. The Morgan fingerprint density at radius 1 is 0.944 bits per heavy atom. The Kier molecular flexibility index (Phi) is 7.09. The molecule has 3 heterocycles. The van der Waals surface area contributed by atoms with Gasteiger partial charge in [-0.2, -0.15) is 0 Å². The maximum absolute atomic E-state index is 11.4. The minimum atomic E-state index is -0.129. The zero-order valence-electron chi connectivity index (χ0n) is 20.6. The highest BCUT2D eigenvalue weighted by Crippen LogP contribution is 2.42. The molecule has 0 radical (unpaired) electrons. The Morgan fingerprint density at radius 3 is 2.14 bits per heavy atom. The quantitative estimate of drug-likeness (QED) is 0.345. The van der Waals surface area contributed by atoms with Crippen LogP contribution in [-0.4, -0.2) is 48.6 Å². The van der Waals surface area contributed by atoms with Crippen molar-refractivity contribution in [1.82, 2.24) is 10.2 Å². The molecule has 0 saturated carbocycles. The number of carbonyl (C=O) groups is 2. The zero-order valence-corrected chi connectivity index (χ0v) is 20.6. The zero-order chi connectivity index (χ0) is 25.0. The van der Waals surface area contributed by atoms with Crippen LogP contribution in [0.1, 0.15) is 54.2 Å². The topological polar surface area (TPSA) is 81.6 Å². The smallest absolute Gasteiger partial charge is 0.238 e. The fraction of sp³-hybridized carbons (Fsp3) is 0.379. The van der Waals surface area contributed by atoms with Crippen molar-refractivity contribution in [1.29, 1.82) is 0 Å². The van der Waals surface area contributed by atoms with Gasteiger partial charge in [-0.1, -0.05) is 24.3 Å². The Hall–Kier alpha value is -3.58. The summed E-state index contributed by atoms with van der Waals surface area (Å²) in [6.07, 6.45) is 4.77. The summed E-state index contributed by atoms with van der Waals surface area (Å²) in [7, 11) is 0. The summed E-state index contributed by atoms with van der Waals surface area (Å²) < 4.78 is 11.6. The van der Waals surface area contributed by atoms with Crippen molar-refractivity contribution in [2.24, 2.45) is 5.92 Å². The monoisotopic (exact) mass is 485 g/mol. The summed E-state index contributed by atoms with van der Waals surface area (Å²) in [5.74, 6) is 1.08. The predicted molar refractivity (Wildman–Crippen MR) is 137 cm³/mol. The minimum Gasteiger partial charge on any atom is -0.438 e. The molecule has 7 heteroatoms. The molecule has 0 spiro atoms. The predicted octanol–water partition coefficient (Wildman–Crippen LogP) is 4.98. The molecule has 0 amide bonds. The van der Waals surface area contributed by atoms with Crippen molar-refractivity contribution in [2.45, 2.75) is 38.0 Å². The number of aldehydes is 1. The van der Waals surface area contributed by atoms with Crippen LogP contribution in [0.15, 0.2) is 60.7 Å². The summed E-state index contributed by atoms with van der Waals surface area (Å²) in [5, 5.41) is 7.90. The summed E-state index contributed by atoms with van der Waals surface area (Å²) in [5.41, 5.74) is 3.93. The SMILES string of the molecule is CC(=O)c1ccc(Oc2ccc(C3(c4ccc(N5CCC(C=O)CC5)cc4)CCOCC3)cc2)nn1. The lowest BCUT2D eigenvalue weighted by atomic mass is 9.69. The number of piperidine rings is 1. The molecule has 0 bridgehead atoms. The molecule has 7 nitrogen and oxygen atoms in total. The lowest BCUT2D eigenvalue weighted by Crippen LogP contribution is -2.35. The number of Topliss-reactive ketones (excluding diaryl/α,β-unsaturated/α-hetero) is 1. The molecular formula is C29H31N3O4. The molecule has 2 fully saturated rings. The largest absolute Gasteiger partial charge is 0.438 e. The number of aromatic nitrogens is 2. The van der Waals surface area contributed by atoms with Gasteiger partial charge in [-0.15, -0.1) is 10.2 Å². The number of ether oxygens (including phenoxy) is 2. The van der Waals surface area contributed by atoms with Crippen molar-refractivity contribution in [3.63, 3.8) is 0 Å². The van der Waals surface area contributed by atoms with Gasteiger partial charge in [-0.25, -0.2) is 0 Å². The number of carbonyl (C=O) groups excluding carboxylic acids is 2. The van der Waals surface area contributed by atoms with Crippen molar-refractivity contribution < 1.29 is 19.1 Å². The molecule has 0 atom stereocenters. The van der Waals surface area contributed by atoms with Crippen LogP contribution in [0.2, 0.25) is 0 Å². The van der Waals surface area contributed by atoms with Crippen LogP contribution in [0.4, 0.5) is 5.69 Å². The van der Waals surface area contributed by atoms with Gasteiger partial charge in [0.15, 0.2) is 5.78 Å². The number of hydrogen-bond donors (Lipinski definition) is 0. The first-order chi connectivity index (χ1) is 17.6. The van der Waals surface area contributed by atoms with E-state index in [-0.39, 0.29) is 17.1 Å². The van der Waals surface area contributed by atoms with E-state index in [9.17, 15) is 9.59 Å². The van der Waals surface area contributed by atoms with E-state index in [1.54, 1.807) is 12.1 Å². The molecule has 2 aromatic carbocycles. The summed E-state index contributed by atoms with van der Waals surface area (Å²) in [4.78, 5) is 24.9. The van der Waals surface area contributed by atoms with Gasteiger partial charge in [0.05, 0.1) is 0 Å². The van der Waals surface area contributed by atoms with Gasteiger partial charge < -0.3 is 19.2 Å². The molecule has 0 unspecified atom stereocenters. The van der Waals surface area contributed by atoms with Crippen LogP contribution in [0.3, 0.4) is 0 Å². The van der Waals surface area contributed by atoms with Crippen molar-refractivity contribution in [3.8, 4) is 11.6 Å². The van der Waals surface area contributed by atoms with Gasteiger partial charge in [-0.3, -0.25) is 4.79 Å². The fourth-order valence-corrected chi connectivity index (χ4v) is 5.27. The molecule has 3 aromatic rings. The third kappa shape index (κ3) is 5.02. The Bertz CT molecular complexity index is 1180. The van der Waals surface area contributed by atoms with Crippen LogP contribution in [0.5, 0.6) is 11.6 Å². The maximum Gasteiger partial charge on any atom is 0.238 e. The molecular weight excluding hydrogens is 454 g/mol. The van der Waals surface area contributed by atoms with E-state index in [4.69, 9.17) is 9.47 Å². The summed E-state index contributed by atoms with van der Waals surface area (Å²) in [6.45, 7) is 4.74. The van der Waals surface area contributed by atoms with E-state index in [1.807, 2.05) is 12.1 Å². The van der Waals surface area contributed by atoms with Gasteiger partial charge in [-0.05, 0) is 67.1 Å². The Labute approximate surface area is 211 Å². The van der Waals surface area contributed by atoms with E-state index in [0.29, 0.717) is 17.3 Å². The highest BCUT2D eigenvalue weighted by Gasteiger charge is 2.36. The van der Waals surface area contributed by atoms with Crippen LogP contribution >= 0.6 is 0 Å². The van der Waals surface area contributed by atoms with E-state index in [1.165, 1.54) is 23.7 Å². The highest BCUT2D eigenvalue weighted by atomic mass is 16.5. The number of hydrogen-bond acceptors (Lipinski definition) is 7. The van der Waals surface area contributed by atoms with Gasteiger partial charge in [0, 0.05) is 56.3 Å². The average Bonchev–Trinajstić information content (AvgIpc) is 2.94. The van der Waals surface area contributed by atoms with E-state index in [2.05, 4.69) is 51.5 Å². The van der Waals surface area contributed by atoms with Crippen molar-refractivity contribution >= 4 is 17.8 Å². The first kappa shape index (κ1) is 24.1. The molecule has 2 aliphatic rings. The second-order valence-corrected chi connectivity index (χ2v) is 9.64. The first-order valence-electron chi connectivity index (χ1n) is 12.6. The second kappa shape index (κ2) is 10.6. The van der Waals surface area contributed by atoms with Crippen LogP contribution < -0.4 is 9.64 Å². The number of rotatable bonds is 7. The molecule has 36 heavy (non-hydrogen) atoms. The normalized spacial score (nSPS) is 18.0. The lowest BCUT2D eigenvalue weighted by Gasteiger charge is -2.39. The molecule has 2 saturated heterocycles. The van der Waals surface area contributed by atoms with E-state index in [0.717, 1.165) is 58.3 Å². The van der Waals surface area contributed by atoms with E-state index >= 15 is 0 Å². The highest BCUT2D eigenvalue weighted by molar-refractivity contribution is 5.91.